The van der Waals surface area contributed by atoms with Gasteiger partial charge in [-0.15, -0.1) is 0 Å². The van der Waals surface area contributed by atoms with E-state index >= 15 is 0 Å². The van der Waals surface area contributed by atoms with E-state index in [1.54, 1.807) is 21.0 Å². The van der Waals surface area contributed by atoms with Gasteiger partial charge >= 0.3 is 5.97 Å². The van der Waals surface area contributed by atoms with Crippen LogP contribution in [0.2, 0.25) is 0 Å². The SMILES string of the molecule is COC(=S)c1ccccc1C(C)N1c2ccccc2CC1C(=O)OC(C)(C)OCc1ccccc1. The summed E-state index contributed by atoms with van der Waals surface area (Å²) in [6.07, 6.45) is 0.561. The molecule has 1 aliphatic rings. The maximum Gasteiger partial charge on any atom is 0.331 e. The average Bonchev–Trinajstić information content (AvgIpc) is 3.27. The van der Waals surface area contributed by atoms with Crippen molar-refractivity contribution in [2.75, 3.05) is 12.0 Å². The third-order valence-corrected chi connectivity index (χ3v) is 6.69. The van der Waals surface area contributed by atoms with Crippen LogP contribution in [-0.4, -0.2) is 30.0 Å². The number of hydrogen-bond acceptors (Lipinski definition) is 6. The molecule has 3 aromatic carbocycles. The van der Waals surface area contributed by atoms with Crippen LogP contribution in [0.3, 0.4) is 0 Å². The van der Waals surface area contributed by atoms with Crippen LogP contribution in [-0.2, 0) is 32.0 Å². The van der Waals surface area contributed by atoms with Crippen LogP contribution in [0.5, 0.6) is 0 Å². The zero-order valence-corrected chi connectivity index (χ0v) is 21.4. The van der Waals surface area contributed by atoms with Gasteiger partial charge in [0.05, 0.1) is 19.8 Å². The van der Waals surface area contributed by atoms with Crippen LogP contribution < -0.4 is 4.90 Å². The second kappa shape index (κ2) is 10.6. The summed E-state index contributed by atoms with van der Waals surface area (Å²) in [6.45, 7) is 5.98. The monoisotopic (exact) mass is 489 g/mol. The summed E-state index contributed by atoms with van der Waals surface area (Å²) in [5.74, 6) is -1.40. The molecule has 0 radical (unpaired) electrons. The van der Waals surface area contributed by atoms with E-state index in [-0.39, 0.29) is 12.0 Å². The molecule has 0 saturated heterocycles. The first kappa shape index (κ1) is 24.9. The lowest BCUT2D eigenvalue weighted by atomic mass is 9.99. The maximum absolute atomic E-state index is 13.6. The van der Waals surface area contributed by atoms with E-state index in [2.05, 4.69) is 17.9 Å². The smallest absolute Gasteiger partial charge is 0.331 e. The molecule has 0 spiro atoms. The fourth-order valence-corrected chi connectivity index (χ4v) is 4.75. The van der Waals surface area contributed by atoms with Gasteiger partial charge in [0.2, 0.25) is 5.79 Å². The number of hydrogen-bond donors (Lipinski definition) is 0. The lowest BCUT2D eigenvalue weighted by Crippen LogP contribution is -2.45. The Morgan fingerprint density at radius 2 is 1.69 bits per heavy atom. The van der Waals surface area contributed by atoms with Gasteiger partial charge in [-0.3, -0.25) is 0 Å². The number of ether oxygens (including phenoxy) is 3. The summed E-state index contributed by atoms with van der Waals surface area (Å²) in [5, 5.41) is 0.425. The van der Waals surface area contributed by atoms with E-state index in [1.165, 1.54) is 0 Å². The topological polar surface area (TPSA) is 48.0 Å². The van der Waals surface area contributed by atoms with Crippen molar-refractivity contribution in [3.8, 4) is 0 Å². The standard InChI is InChI=1S/C29H31NO4S/c1-20(23-15-9-10-16-24(23)28(35)32-4)30-25-17-11-8-14-22(25)18-26(30)27(31)34-29(2,3)33-19-21-12-6-5-7-13-21/h5-17,20,26H,18-19H2,1-4H3. The number of carbonyl (C=O) groups excluding carboxylic acids is 1. The van der Waals surface area contributed by atoms with Crippen molar-refractivity contribution in [2.24, 2.45) is 0 Å². The molecule has 5 nitrogen and oxygen atoms in total. The number of benzene rings is 3. The summed E-state index contributed by atoms with van der Waals surface area (Å²) < 4.78 is 17.3. The molecule has 0 N–H and O–H groups in total. The lowest BCUT2D eigenvalue weighted by Gasteiger charge is -2.35. The van der Waals surface area contributed by atoms with Gasteiger partial charge in [-0.05, 0) is 48.0 Å². The van der Waals surface area contributed by atoms with Gasteiger partial charge in [0.25, 0.3) is 0 Å². The van der Waals surface area contributed by atoms with Crippen LogP contribution in [0.1, 0.15) is 49.1 Å². The van der Waals surface area contributed by atoms with Gasteiger partial charge in [0.1, 0.15) is 6.04 Å². The number of anilines is 1. The minimum absolute atomic E-state index is 0.145. The third kappa shape index (κ3) is 5.55. The Kier molecular flexibility index (Phi) is 7.53. The molecule has 0 amide bonds. The van der Waals surface area contributed by atoms with Crippen molar-refractivity contribution in [3.05, 3.63) is 101 Å². The van der Waals surface area contributed by atoms with Crippen molar-refractivity contribution in [2.45, 2.75) is 51.7 Å². The summed E-state index contributed by atoms with van der Waals surface area (Å²) in [4.78, 5) is 15.7. The highest BCUT2D eigenvalue weighted by atomic mass is 32.1. The largest absolute Gasteiger partial charge is 0.486 e. The summed E-state index contributed by atoms with van der Waals surface area (Å²) in [5.41, 5.74) is 4.99. The van der Waals surface area contributed by atoms with Gasteiger partial charge in [-0.1, -0.05) is 66.7 Å². The molecule has 6 heteroatoms. The minimum Gasteiger partial charge on any atom is -0.486 e. The first-order valence-corrected chi connectivity index (χ1v) is 12.2. The van der Waals surface area contributed by atoms with E-state index in [0.29, 0.717) is 18.1 Å². The molecule has 1 heterocycles. The predicted octanol–water partition coefficient (Wildman–Crippen LogP) is 6.00. The fourth-order valence-electron chi connectivity index (χ4n) is 4.56. The molecule has 2 unspecified atom stereocenters. The summed E-state index contributed by atoms with van der Waals surface area (Å²) in [7, 11) is 1.58. The summed E-state index contributed by atoms with van der Waals surface area (Å²) >= 11 is 5.45. The van der Waals surface area contributed by atoms with Crippen LogP contribution >= 0.6 is 12.2 Å². The Labute approximate surface area is 212 Å². The van der Waals surface area contributed by atoms with Gasteiger partial charge in [0.15, 0.2) is 5.05 Å². The molecule has 182 valence electrons. The van der Waals surface area contributed by atoms with Crippen molar-refractivity contribution in [1.29, 1.82) is 0 Å². The molecule has 0 fully saturated rings. The molecule has 0 aromatic heterocycles. The maximum atomic E-state index is 13.6. The van der Waals surface area contributed by atoms with Crippen molar-refractivity contribution < 1.29 is 19.0 Å². The van der Waals surface area contributed by atoms with E-state index < -0.39 is 11.8 Å². The van der Waals surface area contributed by atoms with E-state index in [9.17, 15) is 4.79 Å². The number of thiocarbonyl (C=S) groups is 1. The van der Waals surface area contributed by atoms with E-state index in [4.69, 9.17) is 26.4 Å². The van der Waals surface area contributed by atoms with Gasteiger partial charge in [0, 0.05) is 31.5 Å². The van der Waals surface area contributed by atoms with Crippen molar-refractivity contribution >= 4 is 28.9 Å². The highest BCUT2D eigenvalue weighted by Gasteiger charge is 2.41. The first-order valence-electron chi connectivity index (χ1n) is 11.7. The molecule has 2 atom stereocenters. The highest BCUT2D eigenvalue weighted by Crippen LogP contribution is 2.40. The Bertz CT molecular complexity index is 1190. The number of carbonyl (C=O) groups is 1. The first-order chi connectivity index (χ1) is 16.8. The second-order valence-electron chi connectivity index (χ2n) is 9.11. The van der Waals surface area contributed by atoms with Crippen LogP contribution in [0.15, 0.2) is 78.9 Å². The number of fused-ring (bicyclic) bond motifs is 1. The quantitative estimate of drug-likeness (QED) is 0.220. The van der Waals surface area contributed by atoms with Gasteiger partial charge in [-0.2, -0.15) is 0 Å². The van der Waals surface area contributed by atoms with Gasteiger partial charge in [-0.25, -0.2) is 4.79 Å². The number of nitrogens with zero attached hydrogens (tertiary/aromatic N) is 1. The Hall–Kier alpha value is -3.22. The summed E-state index contributed by atoms with van der Waals surface area (Å²) in [6, 6.07) is 25.2. The molecular formula is C29H31NO4S. The number of para-hydroxylation sites is 1. The Morgan fingerprint density at radius 3 is 2.43 bits per heavy atom. The van der Waals surface area contributed by atoms with Gasteiger partial charge < -0.3 is 19.1 Å². The van der Waals surface area contributed by atoms with Crippen LogP contribution in [0, 0.1) is 0 Å². The molecule has 1 aliphatic heterocycles. The molecule has 3 aromatic rings. The Morgan fingerprint density at radius 1 is 1.03 bits per heavy atom. The Balaban J connectivity index is 1.58. The fraction of sp³-hybridized carbons (Fsp3) is 0.310. The van der Waals surface area contributed by atoms with Crippen molar-refractivity contribution in [1.82, 2.24) is 0 Å². The van der Waals surface area contributed by atoms with Crippen LogP contribution in [0.4, 0.5) is 5.69 Å². The minimum atomic E-state index is -1.08. The molecule has 35 heavy (non-hydrogen) atoms. The van der Waals surface area contributed by atoms with Crippen LogP contribution in [0.25, 0.3) is 0 Å². The third-order valence-electron chi connectivity index (χ3n) is 6.30. The molecule has 0 saturated carbocycles. The average molecular weight is 490 g/mol. The molecule has 0 bridgehead atoms. The molecule has 0 aliphatic carbocycles. The number of esters is 1. The zero-order valence-electron chi connectivity index (χ0n) is 20.6. The number of rotatable bonds is 8. The zero-order chi connectivity index (χ0) is 25.0. The van der Waals surface area contributed by atoms with E-state index in [1.807, 2.05) is 72.8 Å². The second-order valence-corrected chi connectivity index (χ2v) is 9.48. The van der Waals surface area contributed by atoms with E-state index in [0.717, 1.165) is 27.9 Å². The molecule has 4 rings (SSSR count). The lowest BCUT2D eigenvalue weighted by molar-refractivity contribution is -0.221. The predicted molar refractivity (Wildman–Crippen MR) is 141 cm³/mol. The number of methoxy groups -OCH3 is 1. The molecular weight excluding hydrogens is 458 g/mol. The van der Waals surface area contributed by atoms with Crippen molar-refractivity contribution in [3.63, 3.8) is 0 Å². The highest BCUT2D eigenvalue weighted by molar-refractivity contribution is 7.80. The normalized spacial score (nSPS) is 15.9.